The van der Waals surface area contributed by atoms with Crippen molar-refractivity contribution in [3.05, 3.63) is 35.9 Å². The van der Waals surface area contributed by atoms with Gasteiger partial charge in [-0.05, 0) is 18.4 Å². The Bertz CT molecular complexity index is 339. The van der Waals surface area contributed by atoms with Crippen molar-refractivity contribution in [2.75, 3.05) is 0 Å². The fourth-order valence-electron chi connectivity index (χ4n) is 1.64. The molecule has 0 spiro atoms. The maximum absolute atomic E-state index is 11.4. The average Bonchev–Trinajstić information content (AvgIpc) is 2.37. The number of rotatable bonds is 8. The topological polar surface area (TPSA) is 78.3 Å². The Labute approximate surface area is 108 Å². The van der Waals surface area contributed by atoms with Gasteiger partial charge in [0, 0.05) is 6.42 Å². The molecular weight excluding hydrogens is 228 g/mol. The summed E-state index contributed by atoms with van der Waals surface area (Å²) in [6.45, 7) is 0.355. The minimum Gasteiger partial charge on any atom is -0.461 e. The van der Waals surface area contributed by atoms with Crippen LogP contribution in [0.2, 0.25) is 0 Å². The highest BCUT2D eigenvalue weighted by Crippen LogP contribution is 2.06. The van der Waals surface area contributed by atoms with Gasteiger partial charge in [-0.3, -0.25) is 4.79 Å². The molecule has 0 saturated heterocycles. The van der Waals surface area contributed by atoms with Crippen molar-refractivity contribution in [1.82, 2.24) is 0 Å². The first kappa shape index (κ1) is 14.7. The molecule has 0 amide bonds. The lowest BCUT2D eigenvalue weighted by atomic mass is 10.1. The lowest BCUT2D eigenvalue weighted by Gasteiger charge is -2.06. The Morgan fingerprint density at radius 3 is 2.50 bits per heavy atom. The van der Waals surface area contributed by atoms with Gasteiger partial charge in [0.1, 0.15) is 6.61 Å². The summed E-state index contributed by atoms with van der Waals surface area (Å²) in [6, 6.07) is 9.68. The zero-order valence-electron chi connectivity index (χ0n) is 10.7. The number of carbonyl (C=O) groups excluding carboxylic acids is 1. The van der Waals surface area contributed by atoms with E-state index in [1.165, 1.54) is 0 Å². The summed E-state index contributed by atoms with van der Waals surface area (Å²) >= 11 is 0. The minimum absolute atomic E-state index is 0.143. The van der Waals surface area contributed by atoms with E-state index < -0.39 is 0 Å². The van der Waals surface area contributed by atoms with Crippen LogP contribution in [0.4, 0.5) is 0 Å². The normalized spacial score (nSPS) is 10.6. The number of esters is 1. The smallest absolute Gasteiger partial charge is 0.306 e. The van der Waals surface area contributed by atoms with Gasteiger partial charge in [0.2, 0.25) is 0 Å². The standard InChI is InChI=1S/C14H22N2O2/c15-13(16)9-5-2-6-10-14(17)18-11-12-7-3-1-4-8-12/h1,3-4,7-8,13H,2,5-6,9-11,15-16H2. The van der Waals surface area contributed by atoms with Crippen LogP contribution in [0.5, 0.6) is 0 Å². The van der Waals surface area contributed by atoms with Gasteiger partial charge in [-0.25, -0.2) is 0 Å². The summed E-state index contributed by atoms with van der Waals surface area (Å²) in [5, 5.41) is 0. The van der Waals surface area contributed by atoms with E-state index >= 15 is 0 Å². The summed E-state index contributed by atoms with van der Waals surface area (Å²) in [4.78, 5) is 11.4. The van der Waals surface area contributed by atoms with Gasteiger partial charge < -0.3 is 16.2 Å². The fourth-order valence-corrected chi connectivity index (χ4v) is 1.64. The van der Waals surface area contributed by atoms with Crippen LogP contribution in [0.15, 0.2) is 30.3 Å². The van der Waals surface area contributed by atoms with Crippen LogP contribution in [-0.4, -0.2) is 12.1 Å². The van der Waals surface area contributed by atoms with E-state index in [-0.39, 0.29) is 12.1 Å². The Balaban J connectivity index is 2.04. The summed E-state index contributed by atoms with van der Waals surface area (Å²) < 4.78 is 5.17. The van der Waals surface area contributed by atoms with Crippen LogP contribution in [0.25, 0.3) is 0 Å². The quantitative estimate of drug-likeness (QED) is 0.420. The molecule has 4 heteroatoms. The SMILES string of the molecule is NC(N)CCCCCC(=O)OCc1ccccc1. The number of hydrogen-bond donors (Lipinski definition) is 2. The summed E-state index contributed by atoms with van der Waals surface area (Å²) in [5.74, 6) is -0.143. The number of ether oxygens (including phenoxy) is 1. The molecule has 0 heterocycles. The van der Waals surface area contributed by atoms with E-state index in [2.05, 4.69) is 0 Å². The summed E-state index contributed by atoms with van der Waals surface area (Å²) in [6.07, 6.45) is 3.79. The van der Waals surface area contributed by atoms with E-state index in [0.717, 1.165) is 31.2 Å². The summed E-state index contributed by atoms with van der Waals surface area (Å²) in [7, 11) is 0. The maximum atomic E-state index is 11.4. The third-order valence-electron chi connectivity index (χ3n) is 2.66. The number of unbranched alkanes of at least 4 members (excludes halogenated alkanes) is 2. The number of carbonyl (C=O) groups is 1. The lowest BCUT2D eigenvalue weighted by molar-refractivity contribution is -0.145. The first-order valence-electron chi connectivity index (χ1n) is 6.39. The first-order valence-corrected chi connectivity index (χ1v) is 6.39. The second-order valence-electron chi connectivity index (χ2n) is 4.41. The van der Waals surface area contributed by atoms with Gasteiger partial charge in [-0.1, -0.05) is 43.2 Å². The van der Waals surface area contributed by atoms with Gasteiger partial charge in [-0.2, -0.15) is 0 Å². The van der Waals surface area contributed by atoms with E-state index in [1.807, 2.05) is 30.3 Å². The molecule has 0 aliphatic rings. The van der Waals surface area contributed by atoms with Gasteiger partial charge in [-0.15, -0.1) is 0 Å². The molecule has 0 unspecified atom stereocenters. The highest BCUT2D eigenvalue weighted by atomic mass is 16.5. The predicted octanol–water partition coefficient (Wildman–Crippen LogP) is 1.92. The first-order chi connectivity index (χ1) is 8.68. The molecular formula is C14H22N2O2. The predicted molar refractivity (Wildman–Crippen MR) is 71.5 cm³/mol. The molecule has 0 atom stereocenters. The van der Waals surface area contributed by atoms with Crippen molar-refractivity contribution in [2.24, 2.45) is 11.5 Å². The number of nitrogens with two attached hydrogens (primary N) is 2. The van der Waals surface area contributed by atoms with Gasteiger partial charge >= 0.3 is 5.97 Å². The van der Waals surface area contributed by atoms with E-state index in [4.69, 9.17) is 16.2 Å². The molecule has 18 heavy (non-hydrogen) atoms. The Hall–Kier alpha value is -1.39. The zero-order chi connectivity index (χ0) is 13.2. The Morgan fingerprint density at radius 2 is 1.83 bits per heavy atom. The average molecular weight is 250 g/mol. The van der Waals surface area contributed by atoms with E-state index in [0.29, 0.717) is 13.0 Å². The molecule has 0 saturated carbocycles. The molecule has 1 rings (SSSR count). The number of hydrogen-bond acceptors (Lipinski definition) is 4. The molecule has 100 valence electrons. The van der Waals surface area contributed by atoms with Crippen LogP contribution in [0.3, 0.4) is 0 Å². The molecule has 1 aromatic rings. The Morgan fingerprint density at radius 1 is 1.11 bits per heavy atom. The molecule has 0 bridgehead atoms. The minimum atomic E-state index is -0.241. The highest BCUT2D eigenvalue weighted by Gasteiger charge is 2.03. The fraction of sp³-hybridized carbons (Fsp3) is 0.500. The molecule has 0 fully saturated rings. The number of benzene rings is 1. The van der Waals surface area contributed by atoms with Crippen LogP contribution in [0.1, 0.15) is 37.7 Å². The van der Waals surface area contributed by atoms with Crippen molar-refractivity contribution < 1.29 is 9.53 Å². The molecule has 1 aromatic carbocycles. The second-order valence-corrected chi connectivity index (χ2v) is 4.41. The molecule has 4 nitrogen and oxygen atoms in total. The zero-order valence-corrected chi connectivity index (χ0v) is 10.7. The van der Waals surface area contributed by atoms with Crippen molar-refractivity contribution in [2.45, 2.75) is 44.9 Å². The highest BCUT2D eigenvalue weighted by molar-refractivity contribution is 5.69. The van der Waals surface area contributed by atoms with E-state index in [9.17, 15) is 4.79 Å². The van der Waals surface area contributed by atoms with Crippen molar-refractivity contribution in [3.8, 4) is 0 Å². The largest absolute Gasteiger partial charge is 0.461 e. The molecule has 4 N–H and O–H groups in total. The molecule has 0 aromatic heterocycles. The lowest BCUT2D eigenvalue weighted by Crippen LogP contribution is -2.29. The third-order valence-corrected chi connectivity index (χ3v) is 2.66. The maximum Gasteiger partial charge on any atom is 0.306 e. The van der Waals surface area contributed by atoms with Crippen LogP contribution in [-0.2, 0) is 16.1 Å². The monoisotopic (exact) mass is 250 g/mol. The third kappa shape index (κ3) is 7.04. The second kappa shape index (κ2) is 8.66. The van der Waals surface area contributed by atoms with E-state index in [1.54, 1.807) is 0 Å². The van der Waals surface area contributed by atoms with Gasteiger partial charge in [0.25, 0.3) is 0 Å². The van der Waals surface area contributed by atoms with Crippen LogP contribution < -0.4 is 11.5 Å². The van der Waals surface area contributed by atoms with Crippen molar-refractivity contribution in [3.63, 3.8) is 0 Å². The molecule has 0 aliphatic heterocycles. The molecule has 0 radical (unpaired) electrons. The van der Waals surface area contributed by atoms with Crippen molar-refractivity contribution in [1.29, 1.82) is 0 Å². The van der Waals surface area contributed by atoms with Crippen molar-refractivity contribution >= 4 is 5.97 Å². The van der Waals surface area contributed by atoms with Gasteiger partial charge in [0.15, 0.2) is 0 Å². The Kier molecular flexibility index (Phi) is 7.06. The molecule has 0 aliphatic carbocycles. The van der Waals surface area contributed by atoms with Crippen LogP contribution in [0, 0.1) is 0 Å². The van der Waals surface area contributed by atoms with Gasteiger partial charge in [0.05, 0.1) is 6.17 Å². The van der Waals surface area contributed by atoms with Crippen LogP contribution >= 0.6 is 0 Å². The summed E-state index contributed by atoms with van der Waals surface area (Å²) in [5.41, 5.74) is 11.9.